The standard InChI is InChI=1S/C17H22N4O2/c1-3-4-7-18-16-8-12(2)20-17(21-16)19-10-13-5-6-14-15(9-13)23-11-22-14/h5-6,8-9H,3-4,7,10-11H2,1-2H3,(H2,18,19,20,21). The summed E-state index contributed by atoms with van der Waals surface area (Å²) in [7, 11) is 0. The van der Waals surface area contributed by atoms with Crippen molar-refractivity contribution >= 4 is 11.8 Å². The minimum atomic E-state index is 0.292. The molecule has 0 amide bonds. The monoisotopic (exact) mass is 314 g/mol. The Kier molecular flexibility index (Phi) is 4.80. The van der Waals surface area contributed by atoms with Gasteiger partial charge in [0.15, 0.2) is 11.5 Å². The van der Waals surface area contributed by atoms with E-state index in [9.17, 15) is 0 Å². The second-order valence-corrected chi connectivity index (χ2v) is 5.54. The molecule has 0 aliphatic carbocycles. The van der Waals surface area contributed by atoms with Gasteiger partial charge in [-0.3, -0.25) is 0 Å². The van der Waals surface area contributed by atoms with E-state index in [-0.39, 0.29) is 0 Å². The quantitative estimate of drug-likeness (QED) is 0.764. The highest BCUT2D eigenvalue weighted by Gasteiger charge is 2.13. The lowest BCUT2D eigenvalue weighted by molar-refractivity contribution is 0.174. The predicted molar refractivity (Wildman–Crippen MR) is 90.1 cm³/mol. The molecule has 6 heteroatoms. The van der Waals surface area contributed by atoms with Gasteiger partial charge in [-0.05, 0) is 31.0 Å². The lowest BCUT2D eigenvalue weighted by Crippen LogP contribution is -2.08. The molecule has 23 heavy (non-hydrogen) atoms. The van der Waals surface area contributed by atoms with Crippen LogP contribution in [0.1, 0.15) is 31.0 Å². The fourth-order valence-electron chi connectivity index (χ4n) is 2.36. The molecule has 6 nitrogen and oxygen atoms in total. The molecule has 0 spiro atoms. The average molecular weight is 314 g/mol. The van der Waals surface area contributed by atoms with E-state index in [4.69, 9.17) is 9.47 Å². The van der Waals surface area contributed by atoms with Crippen LogP contribution in [0.15, 0.2) is 24.3 Å². The van der Waals surface area contributed by atoms with Gasteiger partial charge in [-0.1, -0.05) is 19.4 Å². The zero-order valence-corrected chi connectivity index (χ0v) is 13.6. The Morgan fingerprint density at radius 3 is 2.83 bits per heavy atom. The third kappa shape index (κ3) is 4.03. The Labute approximate surface area is 136 Å². The van der Waals surface area contributed by atoms with Gasteiger partial charge in [-0.15, -0.1) is 0 Å². The van der Waals surface area contributed by atoms with Gasteiger partial charge in [0.25, 0.3) is 0 Å². The van der Waals surface area contributed by atoms with Crippen LogP contribution in [0.4, 0.5) is 11.8 Å². The van der Waals surface area contributed by atoms with E-state index in [0.717, 1.165) is 48.0 Å². The largest absolute Gasteiger partial charge is 0.454 e. The van der Waals surface area contributed by atoms with Crippen molar-refractivity contribution in [1.29, 1.82) is 0 Å². The molecular weight excluding hydrogens is 292 g/mol. The molecule has 122 valence electrons. The molecule has 0 saturated heterocycles. The van der Waals surface area contributed by atoms with Crippen molar-refractivity contribution in [1.82, 2.24) is 9.97 Å². The molecule has 3 rings (SSSR count). The van der Waals surface area contributed by atoms with E-state index in [1.807, 2.05) is 31.2 Å². The summed E-state index contributed by atoms with van der Waals surface area (Å²) < 4.78 is 10.7. The van der Waals surface area contributed by atoms with Crippen molar-refractivity contribution in [2.75, 3.05) is 24.0 Å². The number of fused-ring (bicyclic) bond motifs is 1. The lowest BCUT2D eigenvalue weighted by atomic mass is 10.2. The first-order valence-electron chi connectivity index (χ1n) is 7.96. The van der Waals surface area contributed by atoms with Crippen LogP contribution in [0.2, 0.25) is 0 Å². The fraction of sp³-hybridized carbons (Fsp3) is 0.412. The van der Waals surface area contributed by atoms with Gasteiger partial charge < -0.3 is 20.1 Å². The Bertz CT molecular complexity index is 676. The molecule has 0 atom stereocenters. The summed E-state index contributed by atoms with van der Waals surface area (Å²) in [6.07, 6.45) is 2.29. The molecule has 2 heterocycles. The second kappa shape index (κ2) is 7.17. The summed E-state index contributed by atoms with van der Waals surface area (Å²) in [6, 6.07) is 7.87. The molecule has 1 aromatic carbocycles. The first-order chi connectivity index (χ1) is 11.2. The van der Waals surface area contributed by atoms with Gasteiger partial charge in [0, 0.05) is 24.8 Å². The first kappa shape index (κ1) is 15.4. The Hall–Kier alpha value is -2.50. The molecule has 1 aliphatic rings. The molecule has 1 aromatic heterocycles. The molecular formula is C17H22N4O2. The minimum Gasteiger partial charge on any atom is -0.454 e. The van der Waals surface area contributed by atoms with E-state index in [1.165, 1.54) is 0 Å². The number of ether oxygens (including phenoxy) is 2. The summed E-state index contributed by atoms with van der Waals surface area (Å²) >= 11 is 0. The van der Waals surface area contributed by atoms with Crippen LogP contribution in [0, 0.1) is 6.92 Å². The molecule has 0 fully saturated rings. The highest BCUT2D eigenvalue weighted by atomic mass is 16.7. The van der Waals surface area contributed by atoms with Gasteiger partial charge in [0.05, 0.1) is 0 Å². The molecule has 0 radical (unpaired) electrons. The number of aryl methyl sites for hydroxylation is 1. The van der Waals surface area contributed by atoms with E-state index in [2.05, 4.69) is 27.5 Å². The van der Waals surface area contributed by atoms with Gasteiger partial charge >= 0.3 is 0 Å². The minimum absolute atomic E-state index is 0.292. The number of nitrogens with one attached hydrogen (secondary N) is 2. The molecule has 0 saturated carbocycles. The summed E-state index contributed by atoms with van der Waals surface area (Å²) in [5.74, 6) is 3.07. The fourth-order valence-corrected chi connectivity index (χ4v) is 2.36. The number of rotatable bonds is 7. The number of nitrogens with zero attached hydrogens (tertiary/aromatic N) is 2. The molecule has 2 aromatic rings. The highest BCUT2D eigenvalue weighted by molar-refractivity contribution is 5.46. The van der Waals surface area contributed by atoms with Gasteiger partial charge in [0.2, 0.25) is 12.7 Å². The van der Waals surface area contributed by atoms with Gasteiger partial charge in [0.1, 0.15) is 5.82 Å². The maximum Gasteiger partial charge on any atom is 0.231 e. The Morgan fingerprint density at radius 1 is 1.09 bits per heavy atom. The zero-order chi connectivity index (χ0) is 16.1. The Morgan fingerprint density at radius 2 is 1.96 bits per heavy atom. The molecule has 1 aliphatic heterocycles. The number of hydrogen-bond acceptors (Lipinski definition) is 6. The molecule has 2 N–H and O–H groups in total. The maximum atomic E-state index is 5.39. The summed E-state index contributed by atoms with van der Waals surface area (Å²) in [5, 5.41) is 6.60. The number of anilines is 2. The normalized spacial score (nSPS) is 12.3. The second-order valence-electron chi connectivity index (χ2n) is 5.54. The van der Waals surface area contributed by atoms with Gasteiger partial charge in [-0.25, -0.2) is 4.98 Å². The Balaban J connectivity index is 1.63. The number of unbranched alkanes of at least 4 members (excludes halogenated alkanes) is 1. The van der Waals surface area contributed by atoms with Crippen molar-refractivity contribution < 1.29 is 9.47 Å². The third-order valence-corrected chi connectivity index (χ3v) is 3.58. The number of hydrogen-bond donors (Lipinski definition) is 2. The van der Waals surface area contributed by atoms with Crippen molar-refractivity contribution in [2.24, 2.45) is 0 Å². The van der Waals surface area contributed by atoms with Crippen molar-refractivity contribution in [3.05, 3.63) is 35.5 Å². The zero-order valence-electron chi connectivity index (χ0n) is 13.6. The third-order valence-electron chi connectivity index (χ3n) is 3.58. The van der Waals surface area contributed by atoms with Crippen molar-refractivity contribution in [3.8, 4) is 11.5 Å². The SMILES string of the molecule is CCCCNc1cc(C)nc(NCc2ccc3c(c2)OCO3)n1. The van der Waals surface area contributed by atoms with E-state index >= 15 is 0 Å². The topological polar surface area (TPSA) is 68.3 Å². The summed E-state index contributed by atoms with van der Waals surface area (Å²) in [5.41, 5.74) is 2.03. The maximum absolute atomic E-state index is 5.39. The van der Waals surface area contributed by atoms with Crippen molar-refractivity contribution in [2.45, 2.75) is 33.2 Å². The summed E-state index contributed by atoms with van der Waals surface area (Å²) in [4.78, 5) is 8.94. The van der Waals surface area contributed by atoms with Crippen LogP contribution >= 0.6 is 0 Å². The molecule has 0 unspecified atom stereocenters. The van der Waals surface area contributed by atoms with Crippen molar-refractivity contribution in [3.63, 3.8) is 0 Å². The van der Waals surface area contributed by atoms with Gasteiger partial charge in [-0.2, -0.15) is 4.98 Å². The van der Waals surface area contributed by atoms with E-state index in [0.29, 0.717) is 19.3 Å². The van der Waals surface area contributed by atoms with Crippen LogP contribution in [-0.4, -0.2) is 23.3 Å². The highest BCUT2D eigenvalue weighted by Crippen LogP contribution is 2.32. The van der Waals surface area contributed by atoms with E-state index < -0.39 is 0 Å². The lowest BCUT2D eigenvalue weighted by Gasteiger charge is -2.10. The van der Waals surface area contributed by atoms with Crippen LogP contribution < -0.4 is 20.1 Å². The van der Waals surface area contributed by atoms with Crippen LogP contribution in [-0.2, 0) is 6.54 Å². The van der Waals surface area contributed by atoms with E-state index in [1.54, 1.807) is 0 Å². The first-order valence-corrected chi connectivity index (χ1v) is 7.96. The smallest absolute Gasteiger partial charge is 0.231 e. The summed E-state index contributed by atoms with van der Waals surface area (Å²) in [6.45, 7) is 5.99. The predicted octanol–water partition coefficient (Wildman–Crippen LogP) is 3.34. The molecule has 0 bridgehead atoms. The van der Waals surface area contributed by atoms with Crippen LogP contribution in [0.3, 0.4) is 0 Å². The number of aromatic nitrogens is 2. The van der Waals surface area contributed by atoms with Crippen LogP contribution in [0.5, 0.6) is 11.5 Å². The number of benzene rings is 1. The van der Waals surface area contributed by atoms with Crippen LogP contribution in [0.25, 0.3) is 0 Å². The average Bonchev–Trinajstić information content (AvgIpc) is 3.00.